The fourth-order valence-corrected chi connectivity index (χ4v) is 1.72. The average molecular weight is 244 g/mol. The molecule has 0 aliphatic heterocycles. The molecule has 2 aromatic rings. The van der Waals surface area contributed by atoms with Gasteiger partial charge < -0.3 is 5.32 Å². The second kappa shape index (κ2) is 5.74. The Hall–Kier alpha value is -1.74. The summed E-state index contributed by atoms with van der Waals surface area (Å²) >= 11 is 0. The average Bonchev–Trinajstić information content (AvgIpc) is 2.38. The topological polar surface area (TPSA) is 24.9 Å². The first-order valence-electron chi connectivity index (χ1n) is 6.05. The van der Waals surface area contributed by atoms with Crippen LogP contribution in [0.25, 0.3) is 0 Å². The van der Waals surface area contributed by atoms with Crippen molar-refractivity contribution in [3.05, 3.63) is 65.2 Å². The molecule has 18 heavy (non-hydrogen) atoms. The van der Waals surface area contributed by atoms with Crippen LogP contribution in [0, 0.1) is 12.7 Å². The number of aryl methyl sites for hydroxylation is 1. The van der Waals surface area contributed by atoms with Crippen LogP contribution in [0.4, 0.5) is 4.39 Å². The molecule has 3 heteroatoms. The molecule has 0 saturated heterocycles. The van der Waals surface area contributed by atoms with Crippen LogP contribution in [0.2, 0.25) is 0 Å². The fraction of sp³-hybridized carbons (Fsp3) is 0.267. The SMILES string of the molecule is Cc1ccc(CNC(C)c2ccc(F)cn2)cc1. The van der Waals surface area contributed by atoms with Crippen molar-refractivity contribution >= 4 is 0 Å². The number of nitrogens with one attached hydrogen (secondary N) is 1. The summed E-state index contributed by atoms with van der Waals surface area (Å²) in [6, 6.07) is 11.6. The van der Waals surface area contributed by atoms with Gasteiger partial charge in [-0.1, -0.05) is 29.8 Å². The highest BCUT2D eigenvalue weighted by molar-refractivity contribution is 5.21. The van der Waals surface area contributed by atoms with Gasteiger partial charge in [-0.05, 0) is 31.5 Å². The van der Waals surface area contributed by atoms with Crippen LogP contribution in [0.3, 0.4) is 0 Å². The van der Waals surface area contributed by atoms with E-state index >= 15 is 0 Å². The smallest absolute Gasteiger partial charge is 0.141 e. The molecule has 0 aliphatic rings. The van der Waals surface area contributed by atoms with Crippen LogP contribution >= 0.6 is 0 Å². The van der Waals surface area contributed by atoms with E-state index in [0.717, 1.165) is 12.2 Å². The first kappa shape index (κ1) is 12.7. The summed E-state index contributed by atoms with van der Waals surface area (Å²) in [5, 5.41) is 3.37. The van der Waals surface area contributed by atoms with Gasteiger partial charge in [-0.25, -0.2) is 4.39 Å². The van der Waals surface area contributed by atoms with Crippen molar-refractivity contribution in [3.8, 4) is 0 Å². The number of nitrogens with zero attached hydrogens (tertiary/aromatic N) is 1. The minimum absolute atomic E-state index is 0.104. The second-order valence-corrected chi connectivity index (χ2v) is 4.49. The van der Waals surface area contributed by atoms with Crippen LogP contribution < -0.4 is 5.32 Å². The standard InChI is InChI=1S/C15H17FN2/c1-11-3-5-13(6-4-11)9-17-12(2)15-8-7-14(16)10-18-15/h3-8,10,12,17H,9H2,1-2H3. The van der Waals surface area contributed by atoms with E-state index in [9.17, 15) is 4.39 Å². The second-order valence-electron chi connectivity index (χ2n) is 4.49. The van der Waals surface area contributed by atoms with Gasteiger partial charge in [-0.2, -0.15) is 0 Å². The molecule has 2 nitrogen and oxygen atoms in total. The largest absolute Gasteiger partial charge is 0.305 e. The third-order valence-electron chi connectivity index (χ3n) is 2.93. The van der Waals surface area contributed by atoms with Gasteiger partial charge in [0.15, 0.2) is 0 Å². The van der Waals surface area contributed by atoms with Gasteiger partial charge >= 0.3 is 0 Å². The van der Waals surface area contributed by atoms with Crippen molar-refractivity contribution in [1.82, 2.24) is 10.3 Å². The first-order valence-corrected chi connectivity index (χ1v) is 6.05. The zero-order chi connectivity index (χ0) is 13.0. The van der Waals surface area contributed by atoms with Gasteiger partial charge in [0.2, 0.25) is 0 Å². The molecule has 0 bridgehead atoms. The third-order valence-corrected chi connectivity index (χ3v) is 2.93. The maximum atomic E-state index is 12.8. The Bertz CT molecular complexity index is 491. The number of benzene rings is 1. The number of hydrogen-bond acceptors (Lipinski definition) is 2. The van der Waals surface area contributed by atoms with E-state index in [1.54, 1.807) is 6.07 Å². The van der Waals surface area contributed by atoms with Crippen molar-refractivity contribution < 1.29 is 4.39 Å². The zero-order valence-corrected chi connectivity index (χ0v) is 10.7. The van der Waals surface area contributed by atoms with Gasteiger partial charge in [-0.15, -0.1) is 0 Å². The molecule has 1 aromatic carbocycles. The summed E-state index contributed by atoms with van der Waals surface area (Å²) in [5.74, 6) is -0.301. The van der Waals surface area contributed by atoms with Crippen molar-refractivity contribution in [2.75, 3.05) is 0 Å². The Labute approximate surface area is 107 Å². The van der Waals surface area contributed by atoms with E-state index in [4.69, 9.17) is 0 Å². The summed E-state index contributed by atoms with van der Waals surface area (Å²) < 4.78 is 12.8. The summed E-state index contributed by atoms with van der Waals surface area (Å²) in [6.45, 7) is 4.87. The lowest BCUT2D eigenvalue weighted by atomic mass is 10.1. The van der Waals surface area contributed by atoms with E-state index in [0.29, 0.717) is 0 Å². The Morgan fingerprint density at radius 1 is 1.17 bits per heavy atom. The van der Waals surface area contributed by atoms with Crippen molar-refractivity contribution in [3.63, 3.8) is 0 Å². The highest BCUT2D eigenvalue weighted by atomic mass is 19.1. The number of halogens is 1. The molecule has 1 unspecified atom stereocenters. The quantitative estimate of drug-likeness (QED) is 0.891. The molecule has 1 atom stereocenters. The molecule has 1 heterocycles. The molecule has 0 radical (unpaired) electrons. The molecule has 1 N–H and O–H groups in total. The molecule has 0 aliphatic carbocycles. The maximum absolute atomic E-state index is 12.8. The predicted octanol–water partition coefficient (Wildman–Crippen LogP) is 3.38. The Morgan fingerprint density at radius 3 is 2.50 bits per heavy atom. The van der Waals surface area contributed by atoms with E-state index in [2.05, 4.69) is 41.5 Å². The minimum atomic E-state index is -0.301. The Morgan fingerprint density at radius 2 is 1.89 bits per heavy atom. The van der Waals surface area contributed by atoms with Crippen LogP contribution in [0.15, 0.2) is 42.6 Å². The molecule has 2 rings (SSSR count). The van der Waals surface area contributed by atoms with E-state index in [1.807, 2.05) is 6.92 Å². The Kier molecular flexibility index (Phi) is 4.05. The summed E-state index contributed by atoms with van der Waals surface area (Å²) in [4.78, 5) is 4.07. The molecule has 0 amide bonds. The molecule has 1 aromatic heterocycles. The van der Waals surface area contributed by atoms with Gasteiger partial charge in [0, 0.05) is 12.6 Å². The lowest BCUT2D eigenvalue weighted by Crippen LogP contribution is -2.19. The molecular weight excluding hydrogens is 227 g/mol. The maximum Gasteiger partial charge on any atom is 0.141 e. The van der Waals surface area contributed by atoms with Gasteiger partial charge in [-0.3, -0.25) is 4.98 Å². The molecule has 0 fully saturated rings. The third kappa shape index (κ3) is 3.37. The van der Waals surface area contributed by atoms with Gasteiger partial charge in [0.05, 0.1) is 11.9 Å². The predicted molar refractivity (Wildman–Crippen MR) is 70.6 cm³/mol. The van der Waals surface area contributed by atoms with Crippen molar-refractivity contribution in [2.24, 2.45) is 0 Å². The number of aromatic nitrogens is 1. The first-order chi connectivity index (χ1) is 8.65. The normalized spacial score (nSPS) is 12.4. The van der Waals surface area contributed by atoms with Gasteiger partial charge in [0.25, 0.3) is 0 Å². The Balaban J connectivity index is 1.93. The summed E-state index contributed by atoms with van der Waals surface area (Å²) in [6.07, 6.45) is 1.25. The fourth-order valence-electron chi connectivity index (χ4n) is 1.72. The number of hydrogen-bond donors (Lipinski definition) is 1. The molecule has 0 spiro atoms. The number of pyridine rings is 1. The van der Waals surface area contributed by atoms with Crippen molar-refractivity contribution in [1.29, 1.82) is 0 Å². The lowest BCUT2D eigenvalue weighted by molar-refractivity contribution is 0.554. The highest BCUT2D eigenvalue weighted by Crippen LogP contribution is 2.11. The molecular formula is C15H17FN2. The van der Waals surface area contributed by atoms with E-state index in [1.165, 1.54) is 23.4 Å². The van der Waals surface area contributed by atoms with Crippen LogP contribution in [-0.4, -0.2) is 4.98 Å². The van der Waals surface area contributed by atoms with E-state index < -0.39 is 0 Å². The summed E-state index contributed by atoms with van der Waals surface area (Å²) in [7, 11) is 0. The zero-order valence-electron chi connectivity index (χ0n) is 10.7. The van der Waals surface area contributed by atoms with Crippen molar-refractivity contribution in [2.45, 2.75) is 26.4 Å². The minimum Gasteiger partial charge on any atom is -0.305 e. The van der Waals surface area contributed by atoms with Gasteiger partial charge in [0.1, 0.15) is 5.82 Å². The molecule has 0 saturated carbocycles. The highest BCUT2D eigenvalue weighted by Gasteiger charge is 2.06. The van der Waals surface area contributed by atoms with Crippen LogP contribution in [-0.2, 0) is 6.54 Å². The summed E-state index contributed by atoms with van der Waals surface area (Å²) in [5.41, 5.74) is 3.34. The van der Waals surface area contributed by atoms with Crippen LogP contribution in [0.5, 0.6) is 0 Å². The monoisotopic (exact) mass is 244 g/mol. The molecule has 94 valence electrons. The number of rotatable bonds is 4. The van der Waals surface area contributed by atoms with E-state index in [-0.39, 0.29) is 11.9 Å². The lowest BCUT2D eigenvalue weighted by Gasteiger charge is -2.13. The van der Waals surface area contributed by atoms with Crippen LogP contribution in [0.1, 0.15) is 29.8 Å².